The van der Waals surface area contributed by atoms with Crippen LogP contribution in [0.4, 0.5) is 8.78 Å². The molecule has 1 aromatic carbocycles. The van der Waals surface area contributed by atoms with Crippen molar-refractivity contribution in [2.45, 2.75) is 12.8 Å². The highest BCUT2D eigenvalue weighted by molar-refractivity contribution is 9.11. The van der Waals surface area contributed by atoms with Crippen molar-refractivity contribution in [2.75, 3.05) is 13.1 Å². The molecule has 3 nitrogen and oxygen atoms in total. The molecule has 1 amide bonds. The van der Waals surface area contributed by atoms with Crippen molar-refractivity contribution in [3.8, 4) is 0 Å². The number of halogens is 3. The fourth-order valence-corrected chi connectivity index (χ4v) is 4.19. The Balaban J connectivity index is 1.65. The van der Waals surface area contributed by atoms with E-state index in [9.17, 15) is 18.4 Å². The lowest BCUT2D eigenvalue weighted by Gasteiger charge is -2.31. The van der Waals surface area contributed by atoms with Crippen LogP contribution < -0.4 is 0 Å². The van der Waals surface area contributed by atoms with Crippen LogP contribution in [0.5, 0.6) is 0 Å². The van der Waals surface area contributed by atoms with Crippen molar-refractivity contribution < 1.29 is 18.4 Å². The molecule has 0 saturated carbocycles. The van der Waals surface area contributed by atoms with Gasteiger partial charge in [0.25, 0.3) is 5.91 Å². The van der Waals surface area contributed by atoms with E-state index in [0.29, 0.717) is 30.8 Å². The SMILES string of the molecule is O=C(c1cc(F)ccc1F)C1CCN(C(=O)c2ccc(Br)s2)CC1. The zero-order valence-corrected chi connectivity index (χ0v) is 15.0. The van der Waals surface area contributed by atoms with Gasteiger partial charge in [-0.3, -0.25) is 9.59 Å². The van der Waals surface area contributed by atoms with Crippen LogP contribution in [-0.4, -0.2) is 29.7 Å². The van der Waals surface area contributed by atoms with Crippen molar-refractivity contribution in [3.05, 3.63) is 56.2 Å². The summed E-state index contributed by atoms with van der Waals surface area (Å²) in [7, 11) is 0. The summed E-state index contributed by atoms with van der Waals surface area (Å²) in [5, 5.41) is 0. The third-order valence-electron chi connectivity index (χ3n) is 4.13. The van der Waals surface area contributed by atoms with Gasteiger partial charge in [0.15, 0.2) is 5.78 Å². The smallest absolute Gasteiger partial charge is 0.263 e. The summed E-state index contributed by atoms with van der Waals surface area (Å²) < 4.78 is 27.9. The number of hydrogen-bond donors (Lipinski definition) is 0. The maximum absolute atomic E-state index is 13.7. The molecule has 0 bridgehead atoms. The molecule has 1 aromatic heterocycles. The standard InChI is InChI=1S/C17H14BrF2NO2S/c18-15-4-3-14(24-15)17(23)21-7-5-10(6-8-21)16(22)12-9-11(19)1-2-13(12)20/h1-4,9-10H,5-8H2. The Morgan fingerprint density at radius 3 is 2.46 bits per heavy atom. The highest BCUT2D eigenvalue weighted by atomic mass is 79.9. The van der Waals surface area contributed by atoms with Gasteiger partial charge in [0.2, 0.25) is 0 Å². The van der Waals surface area contributed by atoms with Crippen molar-refractivity contribution in [1.82, 2.24) is 4.90 Å². The van der Waals surface area contributed by atoms with E-state index in [-0.39, 0.29) is 17.4 Å². The van der Waals surface area contributed by atoms with Gasteiger partial charge in [-0.05, 0) is 59.1 Å². The van der Waals surface area contributed by atoms with E-state index in [1.165, 1.54) is 11.3 Å². The molecule has 7 heteroatoms. The number of benzene rings is 1. The summed E-state index contributed by atoms with van der Waals surface area (Å²) >= 11 is 4.69. The molecule has 1 aliphatic rings. The van der Waals surface area contributed by atoms with E-state index in [2.05, 4.69) is 15.9 Å². The summed E-state index contributed by atoms with van der Waals surface area (Å²) in [6, 6.07) is 6.48. The Morgan fingerprint density at radius 1 is 1.12 bits per heavy atom. The average molecular weight is 414 g/mol. The Kier molecular flexibility index (Phi) is 5.10. The number of carbonyl (C=O) groups excluding carboxylic acids is 2. The third-order valence-corrected chi connectivity index (χ3v) is 5.74. The van der Waals surface area contributed by atoms with Gasteiger partial charge in [-0.15, -0.1) is 11.3 Å². The minimum Gasteiger partial charge on any atom is -0.338 e. The van der Waals surface area contributed by atoms with Crippen molar-refractivity contribution in [1.29, 1.82) is 0 Å². The second kappa shape index (κ2) is 7.11. The first kappa shape index (κ1) is 17.2. The van der Waals surface area contributed by atoms with Gasteiger partial charge in [-0.2, -0.15) is 0 Å². The maximum Gasteiger partial charge on any atom is 0.263 e. The van der Waals surface area contributed by atoms with Gasteiger partial charge in [0, 0.05) is 19.0 Å². The molecule has 126 valence electrons. The second-order valence-corrected chi connectivity index (χ2v) is 8.12. The molecule has 3 rings (SSSR count). The number of likely N-dealkylation sites (tertiary alicyclic amines) is 1. The maximum atomic E-state index is 13.7. The number of hydrogen-bond acceptors (Lipinski definition) is 3. The molecule has 0 unspecified atom stereocenters. The molecular weight excluding hydrogens is 400 g/mol. The first-order valence-corrected chi connectivity index (χ1v) is 9.10. The van der Waals surface area contributed by atoms with Gasteiger partial charge >= 0.3 is 0 Å². The summed E-state index contributed by atoms with van der Waals surface area (Å²) in [6.45, 7) is 0.864. The molecule has 0 aliphatic carbocycles. The van der Waals surface area contributed by atoms with Crippen LogP contribution in [0, 0.1) is 17.6 Å². The topological polar surface area (TPSA) is 37.4 Å². The molecule has 2 heterocycles. The molecule has 0 N–H and O–H groups in total. The summed E-state index contributed by atoms with van der Waals surface area (Å²) in [5.74, 6) is -2.18. The number of ketones is 1. The number of rotatable bonds is 3. The zero-order valence-electron chi connectivity index (χ0n) is 12.6. The number of carbonyl (C=O) groups is 2. The van der Waals surface area contributed by atoms with Crippen molar-refractivity contribution in [2.24, 2.45) is 5.92 Å². The Hall–Kier alpha value is -1.60. The third kappa shape index (κ3) is 3.57. The Morgan fingerprint density at radius 2 is 1.83 bits per heavy atom. The highest BCUT2D eigenvalue weighted by Gasteiger charge is 2.30. The van der Waals surface area contributed by atoms with E-state index in [1.54, 1.807) is 11.0 Å². The Labute approximate surface area is 150 Å². The molecule has 1 saturated heterocycles. The van der Waals surface area contributed by atoms with Gasteiger partial charge < -0.3 is 4.90 Å². The lowest BCUT2D eigenvalue weighted by Crippen LogP contribution is -2.40. The zero-order chi connectivity index (χ0) is 17.3. The van der Waals surface area contributed by atoms with E-state index in [4.69, 9.17) is 0 Å². The van der Waals surface area contributed by atoms with Crippen molar-refractivity contribution >= 4 is 39.0 Å². The average Bonchev–Trinajstić information content (AvgIpc) is 3.02. The normalized spacial score (nSPS) is 15.5. The van der Waals surface area contributed by atoms with Gasteiger partial charge in [0.1, 0.15) is 11.6 Å². The fraction of sp³-hybridized carbons (Fsp3) is 0.294. The number of Topliss-reactive ketones (excluding diaryl/α,β-unsaturated/α-hetero) is 1. The summed E-state index contributed by atoms with van der Waals surface area (Å²) in [5.41, 5.74) is -0.207. The largest absolute Gasteiger partial charge is 0.338 e. The van der Waals surface area contributed by atoms with E-state index >= 15 is 0 Å². The first-order valence-electron chi connectivity index (χ1n) is 7.49. The van der Waals surface area contributed by atoms with Gasteiger partial charge in [-0.25, -0.2) is 8.78 Å². The first-order chi connectivity index (χ1) is 11.5. The fourth-order valence-electron chi connectivity index (χ4n) is 2.84. The van der Waals surface area contributed by atoms with Crippen LogP contribution in [0.15, 0.2) is 34.1 Å². The second-order valence-electron chi connectivity index (χ2n) is 5.66. The molecule has 24 heavy (non-hydrogen) atoms. The number of piperidine rings is 1. The van der Waals surface area contributed by atoms with Crippen LogP contribution in [0.3, 0.4) is 0 Å². The van der Waals surface area contributed by atoms with Crippen LogP contribution >= 0.6 is 27.3 Å². The minimum atomic E-state index is -0.705. The predicted octanol–water partition coefficient (Wildman–Crippen LogP) is 4.52. The summed E-state index contributed by atoms with van der Waals surface area (Å²) in [4.78, 5) is 27.1. The lowest BCUT2D eigenvalue weighted by molar-refractivity contribution is 0.0653. The van der Waals surface area contributed by atoms with Gasteiger partial charge in [0.05, 0.1) is 14.2 Å². The van der Waals surface area contributed by atoms with Gasteiger partial charge in [-0.1, -0.05) is 0 Å². The van der Waals surface area contributed by atoms with Crippen LogP contribution in [0.25, 0.3) is 0 Å². The molecule has 0 spiro atoms. The Bertz CT molecular complexity index is 785. The monoisotopic (exact) mass is 413 g/mol. The summed E-state index contributed by atoms with van der Waals surface area (Å²) in [6.07, 6.45) is 0.903. The number of amides is 1. The van der Waals surface area contributed by atoms with E-state index < -0.39 is 17.4 Å². The van der Waals surface area contributed by atoms with E-state index in [1.807, 2.05) is 6.07 Å². The molecule has 0 atom stereocenters. The minimum absolute atomic E-state index is 0.0615. The van der Waals surface area contributed by atoms with Crippen LogP contribution in [0.1, 0.15) is 32.9 Å². The molecule has 1 aliphatic heterocycles. The van der Waals surface area contributed by atoms with Crippen LogP contribution in [-0.2, 0) is 0 Å². The highest BCUT2D eigenvalue weighted by Crippen LogP contribution is 2.27. The molecule has 0 radical (unpaired) electrons. The lowest BCUT2D eigenvalue weighted by atomic mass is 9.88. The molecular formula is C17H14BrF2NO2S. The molecule has 1 fully saturated rings. The predicted molar refractivity (Wildman–Crippen MR) is 91.3 cm³/mol. The van der Waals surface area contributed by atoms with E-state index in [0.717, 1.165) is 22.0 Å². The van der Waals surface area contributed by atoms with Crippen molar-refractivity contribution in [3.63, 3.8) is 0 Å². The number of thiophene rings is 1. The molecule has 2 aromatic rings. The number of nitrogens with zero attached hydrogens (tertiary/aromatic N) is 1. The van der Waals surface area contributed by atoms with Crippen LogP contribution in [0.2, 0.25) is 0 Å². The quantitative estimate of drug-likeness (QED) is 0.693.